The van der Waals surface area contributed by atoms with Crippen LogP contribution in [0, 0.1) is 5.82 Å². The van der Waals surface area contributed by atoms with Crippen molar-refractivity contribution in [2.45, 2.75) is 35.3 Å². The molecule has 2 heterocycles. The van der Waals surface area contributed by atoms with E-state index in [1.807, 2.05) is 24.3 Å². The van der Waals surface area contributed by atoms with Crippen LogP contribution in [0.2, 0.25) is 5.02 Å². The number of amides is 1. The topological polar surface area (TPSA) is 55.8 Å². The van der Waals surface area contributed by atoms with Crippen molar-refractivity contribution in [3.8, 4) is 0 Å². The number of fused-ring (bicyclic) bond motifs is 2. The van der Waals surface area contributed by atoms with Gasteiger partial charge in [0, 0.05) is 21.4 Å². The van der Waals surface area contributed by atoms with Gasteiger partial charge in [0.1, 0.15) is 12.4 Å². The number of ether oxygens (including phenoxy) is 2. The quantitative estimate of drug-likeness (QED) is 0.397. The van der Waals surface area contributed by atoms with Crippen LogP contribution in [0.25, 0.3) is 0 Å². The molecule has 0 saturated carbocycles. The number of carbonyl (C=O) groups is 2. The number of hydrogen-bond acceptors (Lipinski definition) is 5. The standard InChI is InChI=1S/C26H21ClFNO4S/c27-21-13-18(28)9-7-17(21)14-29-22-12-16(26(31)33-15-19-4-3-11-32-19)8-10-24(22)34-23-6-2-1-5-20(23)25(29)30/h1-2,5-10,12-13,19H,3-4,11,14-15H2/t19-/m0/s1. The summed E-state index contributed by atoms with van der Waals surface area (Å²) >= 11 is 7.74. The molecule has 2 aliphatic heterocycles. The van der Waals surface area contributed by atoms with Crippen LogP contribution in [0.15, 0.2) is 70.5 Å². The molecule has 1 fully saturated rings. The molecule has 0 aromatic heterocycles. The Hall–Kier alpha value is -2.87. The van der Waals surface area contributed by atoms with Gasteiger partial charge in [-0.15, -0.1) is 0 Å². The fourth-order valence-electron chi connectivity index (χ4n) is 4.05. The summed E-state index contributed by atoms with van der Waals surface area (Å²) in [4.78, 5) is 29.6. The van der Waals surface area contributed by atoms with Gasteiger partial charge in [-0.1, -0.05) is 41.6 Å². The molecule has 0 aliphatic carbocycles. The molecule has 3 aromatic carbocycles. The van der Waals surface area contributed by atoms with Gasteiger partial charge >= 0.3 is 5.97 Å². The number of rotatable bonds is 5. The van der Waals surface area contributed by atoms with Crippen molar-refractivity contribution < 1.29 is 23.5 Å². The van der Waals surface area contributed by atoms with Gasteiger partial charge < -0.3 is 14.4 Å². The third-order valence-electron chi connectivity index (χ3n) is 5.84. The van der Waals surface area contributed by atoms with Crippen molar-refractivity contribution >= 4 is 40.9 Å². The van der Waals surface area contributed by atoms with Crippen molar-refractivity contribution in [3.63, 3.8) is 0 Å². The maximum Gasteiger partial charge on any atom is 0.338 e. The Morgan fingerprint density at radius 1 is 1.15 bits per heavy atom. The first-order valence-electron chi connectivity index (χ1n) is 10.9. The third-order valence-corrected chi connectivity index (χ3v) is 7.33. The number of anilines is 1. The summed E-state index contributed by atoms with van der Waals surface area (Å²) in [5.74, 6) is -1.15. The van der Waals surface area contributed by atoms with Gasteiger partial charge in [-0.3, -0.25) is 4.79 Å². The third kappa shape index (κ3) is 4.69. The first-order valence-corrected chi connectivity index (χ1v) is 12.1. The zero-order chi connectivity index (χ0) is 23.7. The number of nitrogens with zero attached hydrogens (tertiary/aromatic N) is 1. The van der Waals surface area contributed by atoms with Gasteiger partial charge in [0.05, 0.1) is 29.5 Å². The summed E-state index contributed by atoms with van der Waals surface area (Å²) in [6, 6.07) is 16.6. The van der Waals surface area contributed by atoms with E-state index >= 15 is 0 Å². The Labute approximate surface area is 205 Å². The van der Waals surface area contributed by atoms with Gasteiger partial charge in [-0.05, 0) is 60.9 Å². The molecule has 0 unspecified atom stereocenters. The van der Waals surface area contributed by atoms with E-state index in [2.05, 4.69) is 0 Å². The monoisotopic (exact) mass is 497 g/mol. The first-order chi connectivity index (χ1) is 16.5. The second kappa shape index (κ2) is 9.78. The number of esters is 1. The van der Waals surface area contributed by atoms with E-state index in [-0.39, 0.29) is 30.2 Å². The normalized spacial score (nSPS) is 17.2. The smallest absolute Gasteiger partial charge is 0.338 e. The Morgan fingerprint density at radius 3 is 2.79 bits per heavy atom. The van der Waals surface area contributed by atoms with Gasteiger partial charge in [0.15, 0.2) is 0 Å². The Balaban J connectivity index is 1.51. The highest BCUT2D eigenvalue weighted by atomic mass is 35.5. The Kier molecular flexibility index (Phi) is 6.59. The fraction of sp³-hybridized carbons (Fsp3) is 0.231. The predicted molar refractivity (Wildman–Crippen MR) is 128 cm³/mol. The first kappa shape index (κ1) is 22.9. The minimum Gasteiger partial charge on any atom is -0.459 e. The molecule has 1 saturated heterocycles. The fourth-order valence-corrected chi connectivity index (χ4v) is 5.34. The highest BCUT2D eigenvalue weighted by Gasteiger charge is 2.29. The predicted octanol–water partition coefficient (Wildman–Crippen LogP) is 6.13. The number of benzene rings is 3. The minimum absolute atomic E-state index is 0.0754. The molecule has 0 N–H and O–H groups in total. The Bertz CT molecular complexity index is 1260. The average molecular weight is 498 g/mol. The molecule has 0 spiro atoms. The molecular weight excluding hydrogens is 477 g/mol. The highest BCUT2D eigenvalue weighted by Crippen LogP contribution is 2.42. The van der Waals surface area contributed by atoms with Crippen LogP contribution in [0.3, 0.4) is 0 Å². The molecule has 0 radical (unpaired) electrons. The SMILES string of the molecule is O=C(OC[C@@H]1CCCO1)c1ccc2c(c1)N(Cc1ccc(F)cc1Cl)C(=O)c1ccccc1S2. The minimum atomic E-state index is -0.475. The molecule has 5 rings (SSSR count). The van der Waals surface area contributed by atoms with Crippen molar-refractivity contribution in [2.24, 2.45) is 0 Å². The molecular formula is C26H21ClFNO4S. The van der Waals surface area contributed by atoms with E-state index in [1.165, 1.54) is 23.9 Å². The maximum atomic E-state index is 13.6. The van der Waals surface area contributed by atoms with Crippen LogP contribution in [0.1, 0.15) is 39.1 Å². The van der Waals surface area contributed by atoms with Crippen molar-refractivity contribution in [3.05, 3.63) is 88.2 Å². The van der Waals surface area contributed by atoms with Crippen LogP contribution in [-0.4, -0.2) is 31.2 Å². The second-order valence-corrected chi connectivity index (χ2v) is 9.63. The molecule has 3 aromatic rings. The van der Waals surface area contributed by atoms with E-state index in [9.17, 15) is 14.0 Å². The van der Waals surface area contributed by atoms with Gasteiger partial charge in [0.2, 0.25) is 0 Å². The number of halogens is 2. The molecule has 8 heteroatoms. The zero-order valence-corrected chi connectivity index (χ0v) is 19.7. The molecule has 5 nitrogen and oxygen atoms in total. The number of carbonyl (C=O) groups excluding carboxylic acids is 2. The lowest BCUT2D eigenvalue weighted by molar-refractivity contribution is 0.0161. The highest BCUT2D eigenvalue weighted by molar-refractivity contribution is 7.99. The second-order valence-electron chi connectivity index (χ2n) is 8.14. The van der Waals surface area contributed by atoms with E-state index < -0.39 is 11.8 Å². The van der Waals surface area contributed by atoms with Gasteiger partial charge in [-0.25, -0.2) is 9.18 Å². The number of hydrogen-bond donors (Lipinski definition) is 0. The molecule has 0 bridgehead atoms. The summed E-state index contributed by atoms with van der Waals surface area (Å²) < 4.78 is 24.6. The van der Waals surface area contributed by atoms with Crippen molar-refractivity contribution in [1.82, 2.24) is 0 Å². The van der Waals surface area contributed by atoms with Crippen LogP contribution in [-0.2, 0) is 16.0 Å². The van der Waals surface area contributed by atoms with Crippen LogP contribution >= 0.6 is 23.4 Å². The van der Waals surface area contributed by atoms with Crippen LogP contribution in [0.5, 0.6) is 0 Å². The molecule has 1 amide bonds. The summed E-state index contributed by atoms with van der Waals surface area (Å²) in [6.07, 6.45) is 1.75. The van der Waals surface area contributed by atoms with E-state index in [0.29, 0.717) is 29.0 Å². The molecule has 1 atom stereocenters. The molecule has 34 heavy (non-hydrogen) atoms. The van der Waals surface area contributed by atoms with E-state index in [0.717, 1.165) is 22.6 Å². The summed E-state index contributed by atoms with van der Waals surface area (Å²) in [6.45, 7) is 1.00. The summed E-state index contributed by atoms with van der Waals surface area (Å²) in [5, 5.41) is 0.228. The van der Waals surface area contributed by atoms with Gasteiger partial charge in [0.25, 0.3) is 5.91 Å². The van der Waals surface area contributed by atoms with Crippen LogP contribution in [0.4, 0.5) is 10.1 Å². The summed E-state index contributed by atoms with van der Waals surface area (Å²) in [7, 11) is 0. The van der Waals surface area contributed by atoms with Crippen molar-refractivity contribution in [2.75, 3.05) is 18.1 Å². The zero-order valence-electron chi connectivity index (χ0n) is 18.1. The molecule has 2 aliphatic rings. The average Bonchev–Trinajstić information content (AvgIpc) is 3.32. The van der Waals surface area contributed by atoms with Gasteiger partial charge in [-0.2, -0.15) is 0 Å². The largest absolute Gasteiger partial charge is 0.459 e. The van der Waals surface area contributed by atoms with Crippen LogP contribution < -0.4 is 4.90 Å². The lowest BCUT2D eigenvalue weighted by Gasteiger charge is -2.24. The van der Waals surface area contributed by atoms with E-state index in [4.69, 9.17) is 21.1 Å². The lowest BCUT2D eigenvalue weighted by Crippen LogP contribution is -2.30. The van der Waals surface area contributed by atoms with E-state index in [1.54, 1.807) is 29.2 Å². The maximum absolute atomic E-state index is 13.6. The lowest BCUT2D eigenvalue weighted by atomic mass is 10.1. The van der Waals surface area contributed by atoms with Crippen molar-refractivity contribution in [1.29, 1.82) is 0 Å². The Morgan fingerprint density at radius 2 is 2.00 bits per heavy atom. The summed E-state index contributed by atoms with van der Waals surface area (Å²) in [5.41, 5.74) is 2.05. The molecule has 174 valence electrons.